The third-order valence-corrected chi connectivity index (χ3v) is 6.10. The lowest BCUT2D eigenvalue weighted by molar-refractivity contribution is -0.111. The van der Waals surface area contributed by atoms with E-state index in [4.69, 9.17) is 4.98 Å². The highest BCUT2D eigenvalue weighted by atomic mass is 16.2. The van der Waals surface area contributed by atoms with Crippen molar-refractivity contribution >= 4 is 34.2 Å². The molecular formula is C31H29N7O2. The minimum atomic E-state index is -0.270. The van der Waals surface area contributed by atoms with Crippen molar-refractivity contribution in [3.05, 3.63) is 114 Å². The summed E-state index contributed by atoms with van der Waals surface area (Å²) in [5, 5.41) is 6.64. The molecule has 3 aromatic heterocycles. The number of nitrogens with zero attached hydrogens (tertiary/aromatic N) is 4. The normalized spacial score (nSPS) is 11.3. The lowest BCUT2D eigenvalue weighted by Gasteiger charge is -2.09. The Morgan fingerprint density at radius 2 is 1.80 bits per heavy atom. The van der Waals surface area contributed by atoms with Crippen LogP contribution in [0, 0.1) is 0 Å². The smallest absolute Gasteiger partial charge is 0.255 e. The Hall–Kier alpha value is -5.15. The highest BCUT2D eigenvalue weighted by Gasteiger charge is 2.12. The molecule has 0 saturated carbocycles. The highest BCUT2D eigenvalue weighted by molar-refractivity contribution is 6.06. The fraction of sp³-hybridized carbons (Fsp3) is 0.129. The zero-order valence-electron chi connectivity index (χ0n) is 22.3. The fourth-order valence-corrected chi connectivity index (χ4v) is 4.17. The minimum absolute atomic E-state index is 0.248. The van der Waals surface area contributed by atoms with Crippen molar-refractivity contribution < 1.29 is 9.59 Å². The van der Waals surface area contributed by atoms with Gasteiger partial charge in [0.2, 0.25) is 5.91 Å². The Balaban J connectivity index is 1.24. The molecule has 0 aliphatic carbocycles. The van der Waals surface area contributed by atoms with E-state index in [2.05, 4.69) is 25.6 Å². The van der Waals surface area contributed by atoms with Crippen LogP contribution in [-0.4, -0.2) is 57.3 Å². The van der Waals surface area contributed by atoms with Crippen LogP contribution in [-0.2, 0) is 11.2 Å². The molecule has 0 aliphatic heterocycles. The average Bonchev–Trinajstić information content (AvgIpc) is 3.43. The summed E-state index contributed by atoms with van der Waals surface area (Å²) in [5.74, 6) is 0.164. The van der Waals surface area contributed by atoms with Gasteiger partial charge in [0.05, 0.1) is 5.69 Å². The number of carbonyl (C=O) groups excluding carboxylic acids is 2. The van der Waals surface area contributed by atoms with E-state index < -0.39 is 0 Å². The van der Waals surface area contributed by atoms with Crippen LogP contribution in [0.1, 0.15) is 21.7 Å². The van der Waals surface area contributed by atoms with Gasteiger partial charge >= 0.3 is 0 Å². The molecule has 40 heavy (non-hydrogen) atoms. The number of pyridine rings is 1. The fourth-order valence-electron chi connectivity index (χ4n) is 4.17. The molecule has 0 saturated heterocycles. The van der Waals surface area contributed by atoms with Crippen LogP contribution in [0.5, 0.6) is 0 Å². The number of hydrogen-bond acceptors (Lipinski definition) is 6. The first-order valence-corrected chi connectivity index (χ1v) is 12.8. The lowest BCUT2D eigenvalue weighted by atomic mass is 10.1. The largest absolute Gasteiger partial charge is 0.346 e. The van der Waals surface area contributed by atoms with Gasteiger partial charge in [-0.25, -0.2) is 9.97 Å². The number of likely N-dealkylation sites (N-methyl/N-ethyl adjacent to an activating group) is 1. The Bertz CT molecular complexity index is 1660. The molecule has 0 radical (unpaired) electrons. The Kier molecular flexibility index (Phi) is 8.03. The van der Waals surface area contributed by atoms with Gasteiger partial charge in [0.25, 0.3) is 5.91 Å². The van der Waals surface area contributed by atoms with E-state index in [-0.39, 0.29) is 11.8 Å². The third-order valence-electron chi connectivity index (χ3n) is 6.10. The molecule has 2 amide bonds. The van der Waals surface area contributed by atoms with Crippen LogP contribution < -0.4 is 10.6 Å². The molecule has 0 atom stereocenters. The molecule has 9 heteroatoms. The van der Waals surface area contributed by atoms with E-state index in [1.54, 1.807) is 42.7 Å². The predicted octanol–water partition coefficient (Wildman–Crippen LogP) is 4.92. The second-order valence-corrected chi connectivity index (χ2v) is 9.53. The predicted molar refractivity (Wildman–Crippen MR) is 157 cm³/mol. The molecule has 0 aliphatic rings. The van der Waals surface area contributed by atoms with Gasteiger partial charge in [0, 0.05) is 65.5 Å². The van der Waals surface area contributed by atoms with Gasteiger partial charge in [-0.3, -0.25) is 14.6 Å². The molecule has 200 valence electrons. The first-order valence-electron chi connectivity index (χ1n) is 12.8. The second-order valence-electron chi connectivity index (χ2n) is 9.53. The number of amides is 2. The van der Waals surface area contributed by atoms with Crippen molar-refractivity contribution in [2.24, 2.45) is 0 Å². The van der Waals surface area contributed by atoms with Crippen LogP contribution in [0.3, 0.4) is 0 Å². The van der Waals surface area contributed by atoms with Crippen molar-refractivity contribution in [3.63, 3.8) is 0 Å². The van der Waals surface area contributed by atoms with Crippen molar-refractivity contribution in [2.75, 3.05) is 31.3 Å². The first-order chi connectivity index (χ1) is 19.4. The zero-order chi connectivity index (χ0) is 27.9. The van der Waals surface area contributed by atoms with Crippen LogP contribution in [0.25, 0.3) is 22.3 Å². The Morgan fingerprint density at radius 1 is 0.950 bits per heavy atom. The summed E-state index contributed by atoms with van der Waals surface area (Å²) in [5.41, 5.74) is 5.19. The SMILES string of the molecule is CN(C)C/C=C/C(=O)Nc1cccc(C(=O)Nc2ccc(Cc3nc(-c4cccnc4)c4cc[nH]c4n3)cc2)c1. The molecular weight excluding hydrogens is 502 g/mol. The Morgan fingerprint density at radius 3 is 2.58 bits per heavy atom. The summed E-state index contributed by atoms with van der Waals surface area (Å²) < 4.78 is 0. The molecule has 2 aromatic carbocycles. The van der Waals surface area contributed by atoms with Crippen molar-refractivity contribution in [2.45, 2.75) is 6.42 Å². The van der Waals surface area contributed by atoms with E-state index in [1.165, 1.54) is 6.08 Å². The summed E-state index contributed by atoms with van der Waals surface area (Å²) >= 11 is 0. The van der Waals surface area contributed by atoms with Crippen molar-refractivity contribution in [1.29, 1.82) is 0 Å². The van der Waals surface area contributed by atoms with Gasteiger partial charge < -0.3 is 20.5 Å². The molecule has 0 spiro atoms. The topological polar surface area (TPSA) is 116 Å². The molecule has 0 fully saturated rings. The minimum Gasteiger partial charge on any atom is -0.346 e. The molecule has 5 aromatic rings. The molecule has 0 unspecified atom stereocenters. The maximum atomic E-state index is 12.9. The number of hydrogen-bond donors (Lipinski definition) is 3. The molecule has 3 heterocycles. The quantitative estimate of drug-likeness (QED) is 0.233. The van der Waals surface area contributed by atoms with Gasteiger partial charge in [0.15, 0.2) is 0 Å². The zero-order valence-corrected chi connectivity index (χ0v) is 22.3. The summed E-state index contributed by atoms with van der Waals surface area (Å²) in [7, 11) is 3.85. The monoisotopic (exact) mass is 531 g/mol. The van der Waals surface area contributed by atoms with Gasteiger partial charge in [-0.1, -0.05) is 24.3 Å². The molecule has 3 N–H and O–H groups in total. The molecule has 0 bridgehead atoms. The number of anilines is 2. The number of fused-ring (bicyclic) bond motifs is 1. The number of rotatable bonds is 9. The molecule has 5 rings (SSSR count). The number of nitrogens with one attached hydrogen (secondary N) is 3. The number of aromatic amines is 1. The number of aromatic nitrogens is 4. The number of benzene rings is 2. The molecule has 9 nitrogen and oxygen atoms in total. The van der Waals surface area contributed by atoms with Crippen molar-refractivity contribution in [1.82, 2.24) is 24.8 Å². The van der Waals surface area contributed by atoms with Gasteiger partial charge in [-0.05, 0) is 68.2 Å². The first kappa shape index (κ1) is 26.5. The third kappa shape index (κ3) is 6.64. The highest BCUT2D eigenvalue weighted by Crippen LogP contribution is 2.25. The van der Waals surface area contributed by atoms with Gasteiger partial charge in [0.1, 0.15) is 11.5 Å². The van der Waals surface area contributed by atoms with Crippen LogP contribution in [0.2, 0.25) is 0 Å². The summed E-state index contributed by atoms with van der Waals surface area (Å²) in [6.07, 6.45) is 9.17. The maximum absolute atomic E-state index is 12.9. The van der Waals surface area contributed by atoms with E-state index in [9.17, 15) is 9.59 Å². The maximum Gasteiger partial charge on any atom is 0.255 e. The Labute approximate surface area is 232 Å². The van der Waals surface area contributed by atoms with Gasteiger partial charge in [-0.2, -0.15) is 0 Å². The summed E-state index contributed by atoms with van der Waals surface area (Å²) in [6.45, 7) is 0.663. The van der Waals surface area contributed by atoms with E-state index in [0.29, 0.717) is 35.7 Å². The second kappa shape index (κ2) is 12.1. The average molecular weight is 532 g/mol. The van der Waals surface area contributed by atoms with Crippen molar-refractivity contribution in [3.8, 4) is 11.3 Å². The van der Waals surface area contributed by atoms with Gasteiger partial charge in [-0.15, -0.1) is 0 Å². The van der Waals surface area contributed by atoms with Crippen LogP contribution in [0.15, 0.2) is 97.5 Å². The number of H-pyrrole nitrogens is 1. The van der Waals surface area contributed by atoms with E-state index >= 15 is 0 Å². The van der Waals surface area contributed by atoms with E-state index in [1.807, 2.05) is 67.7 Å². The number of carbonyl (C=O) groups is 2. The van der Waals surface area contributed by atoms with Crippen LogP contribution in [0.4, 0.5) is 11.4 Å². The summed E-state index contributed by atoms with van der Waals surface area (Å²) in [6, 6.07) is 20.3. The van der Waals surface area contributed by atoms with E-state index in [0.717, 1.165) is 27.9 Å². The lowest BCUT2D eigenvalue weighted by Crippen LogP contribution is -2.14. The van der Waals surface area contributed by atoms with Crippen LogP contribution >= 0.6 is 0 Å². The summed E-state index contributed by atoms with van der Waals surface area (Å²) in [4.78, 5) is 43.9. The standard InChI is InChI=1S/C31H29N7O2/c1-38(2)17-5-9-28(39)34-25-8-3-6-22(19-25)31(40)35-24-12-10-21(11-13-24)18-27-36-29(23-7-4-15-32-20-23)26-14-16-33-30(26)37-27/h3-16,19-20H,17-18H2,1-2H3,(H,34,39)(H,35,40)(H,33,36,37)/b9-5+.